The Morgan fingerprint density at radius 1 is 1.05 bits per heavy atom. The van der Waals surface area contributed by atoms with E-state index in [1.54, 1.807) is 6.07 Å². The predicted molar refractivity (Wildman–Crippen MR) is 80.0 cm³/mol. The molecule has 0 bridgehead atoms. The summed E-state index contributed by atoms with van der Waals surface area (Å²) < 4.78 is 2.15. The lowest BCUT2D eigenvalue weighted by Crippen LogP contribution is -2.02. The molecule has 19 heavy (non-hydrogen) atoms. The largest absolute Gasteiger partial charge is 0.324 e. The molecule has 0 radical (unpaired) electrons. The van der Waals surface area contributed by atoms with Gasteiger partial charge in [-0.15, -0.1) is 0 Å². The molecule has 0 unspecified atom stereocenters. The maximum atomic E-state index is 6.25. The van der Waals surface area contributed by atoms with Gasteiger partial charge in [0.25, 0.3) is 0 Å². The van der Waals surface area contributed by atoms with Crippen molar-refractivity contribution < 1.29 is 0 Å². The van der Waals surface area contributed by atoms with Gasteiger partial charge in [0.2, 0.25) is 0 Å². The Labute approximate surface area is 121 Å². The lowest BCUT2D eigenvalue weighted by Gasteiger charge is -2.09. The van der Waals surface area contributed by atoms with E-state index in [4.69, 9.17) is 23.2 Å². The predicted octanol–water partition coefficient (Wildman–Crippen LogP) is 4.70. The van der Waals surface area contributed by atoms with Gasteiger partial charge >= 0.3 is 0 Å². The van der Waals surface area contributed by atoms with Crippen LogP contribution in [0.4, 0.5) is 0 Å². The molecule has 0 saturated carbocycles. The van der Waals surface area contributed by atoms with Crippen LogP contribution in [-0.4, -0.2) is 9.55 Å². The van der Waals surface area contributed by atoms with E-state index < -0.39 is 0 Å². The van der Waals surface area contributed by atoms with Crippen LogP contribution in [0.1, 0.15) is 11.4 Å². The number of fused-ring (bicyclic) bond motifs is 1. The molecule has 0 aliphatic carbocycles. The van der Waals surface area contributed by atoms with Crippen LogP contribution in [0, 0.1) is 6.92 Å². The Balaban J connectivity index is 2.11. The topological polar surface area (TPSA) is 17.8 Å². The average Bonchev–Trinajstić information content (AvgIpc) is 2.72. The van der Waals surface area contributed by atoms with Crippen LogP contribution < -0.4 is 0 Å². The molecule has 3 rings (SSSR count). The van der Waals surface area contributed by atoms with Gasteiger partial charge in [-0.05, 0) is 30.7 Å². The zero-order valence-electron chi connectivity index (χ0n) is 10.4. The second-order valence-corrected chi connectivity index (χ2v) is 5.23. The number of hydrogen-bond donors (Lipinski definition) is 0. The second-order valence-electron chi connectivity index (χ2n) is 4.45. The fraction of sp³-hybridized carbons (Fsp3) is 0.133. The zero-order valence-corrected chi connectivity index (χ0v) is 11.9. The monoisotopic (exact) mass is 290 g/mol. The highest BCUT2D eigenvalue weighted by Crippen LogP contribution is 2.27. The Kier molecular flexibility index (Phi) is 3.21. The van der Waals surface area contributed by atoms with Crippen LogP contribution in [0.3, 0.4) is 0 Å². The molecule has 0 aliphatic rings. The summed E-state index contributed by atoms with van der Waals surface area (Å²) in [7, 11) is 0. The standard InChI is InChI=1S/C15H12Cl2N2/c1-10-18-13-7-2-3-8-14(13)19(10)9-11-5-4-6-12(16)15(11)17/h2-8H,9H2,1H3. The van der Waals surface area contributed by atoms with Crippen molar-refractivity contribution in [2.45, 2.75) is 13.5 Å². The third-order valence-electron chi connectivity index (χ3n) is 3.21. The quantitative estimate of drug-likeness (QED) is 0.669. The van der Waals surface area contributed by atoms with E-state index in [0.29, 0.717) is 16.6 Å². The summed E-state index contributed by atoms with van der Waals surface area (Å²) in [4.78, 5) is 4.55. The molecule has 0 fully saturated rings. The average molecular weight is 291 g/mol. The second kappa shape index (κ2) is 4.87. The minimum Gasteiger partial charge on any atom is -0.324 e. The van der Waals surface area contributed by atoms with Crippen molar-refractivity contribution in [1.29, 1.82) is 0 Å². The van der Waals surface area contributed by atoms with Gasteiger partial charge in [0.05, 0.1) is 27.6 Å². The number of hydrogen-bond acceptors (Lipinski definition) is 1. The molecule has 1 heterocycles. The number of aromatic nitrogens is 2. The molecule has 96 valence electrons. The third kappa shape index (κ3) is 2.22. The molecule has 2 nitrogen and oxygen atoms in total. The highest BCUT2D eigenvalue weighted by Gasteiger charge is 2.10. The molecule has 4 heteroatoms. The van der Waals surface area contributed by atoms with Crippen LogP contribution in [0.5, 0.6) is 0 Å². The Morgan fingerprint density at radius 2 is 1.84 bits per heavy atom. The lowest BCUT2D eigenvalue weighted by molar-refractivity contribution is 0.786. The normalized spacial score (nSPS) is 11.1. The van der Waals surface area contributed by atoms with Gasteiger partial charge in [0.15, 0.2) is 0 Å². The van der Waals surface area contributed by atoms with Crippen LogP contribution in [0.2, 0.25) is 10.0 Å². The molecular weight excluding hydrogens is 279 g/mol. The first-order valence-corrected chi connectivity index (χ1v) is 6.77. The number of rotatable bonds is 2. The summed E-state index contributed by atoms with van der Waals surface area (Å²) in [5.41, 5.74) is 3.11. The summed E-state index contributed by atoms with van der Waals surface area (Å²) in [6, 6.07) is 13.8. The molecule has 0 atom stereocenters. The molecule has 0 aliphatic heterocycles. The molecular formula is C15H12Cl2N2. The smallest absolute Gasteiger partial charge is 0.107 e. The van der Waals surface area contributed by atoms with E-state index in [2.05, 4.69) is 15.6 Å². The van der Waals surface area contributed by atoms with E-state index >= 15 is 0 Å². The number of halogens is 2. The summed E-state index contributed by atoms with van der Waals surface area (Å²) in [5, 5.41) is 1.20. The number of aryl methyl sites for hydroxylation is 1. The van der Waals surface area contributed by atoms with E-state index in [1.807, 2.05) is 37.3 Å². The fourth-order valence-electron chi connectivity index (χ4n) is 2.24. The van der Waals surface area contributed by atoms with Crippen molar-refractivity contribution in [2.75, 3.05) is 0 Å². The number of nitrogens with zero attached hydrogens (tertiary/aromatic N) is 2. The minimum absolute atomic E-state index is 0.584. The van der Waals surface area contributed by atoms with Crippen molar-refractivity contribution in [3.05, 3.63) is 63.9 Å². The fourth-order valence-corrected chi connectivity index (χ4v) is 2.62. The van der Waals surface area contributed by atoms with Gasteiger partial charge in [-0.2, -0.15) is 0 Å². The zero-order chi connectivity index (χ0) is 13.4. The summed E-state index contributed by atoms with van der Waals surface area (Å²) in [5.74, 6) is 0.970. The van der Waals surface area contributed by atoms with Gasteiger partial charge in [-0.1, -0.05) is 47.5 Å². The van der Waals surface area contributed by atoms with E-state index in [-0.39, 0.29) is 0 Å². The van der Waals surface area contributed by atoms with E-state index in [1.165, 1.54) is 0 Å². The first kappa shape index (κ1) is 12.5. The lowest BCUT2D eigenvalue weighted by atomic mass is 10.2. The Hall–Kier alpha value is -1.51. The van der Waals surface area contributed by atoms with Gasteiger partial charge < -0.3 is 4.57 Å². The minimum atomic E-state index is 0.584. The maximum absolute atomic E-state index is 6.25. The van der Waals surface area contributed by atoms with Gasteiger partial charge in [-0.3, -0.25) is 0 Å². The van der Waals surface area contributed by atoms with Crippen molar-refractivity contribution in [3.8, 4) is 0 Å². The number of imidazole rings is 1. The number of para-hydroxylation sites is 2. The number of benzene rings is 2. The van der Waals surface area contributed by atoms with Crippen molar-refractivity contribution in [1.82, 2.24) is 9.55 Å². The highest BCUT2D eigenvalue weighted by atomic mass is 35.5. The summed E-state index contributed by atoms with van der Waals surface area (Å²) in [6.45, 7) is 2.67. The van der Waals surface area contributed by atoms with Crippen LogP contribution >= 0.6 is 23.2 Å². The Bertz CT molecular complexity index is 747. The summed E-state index contributed by atoms with van der Waals surface area (Å²) >= 11 is 12.3. The maximum Gasteiger partial charge on any atom is 0.107 e. The van der Waals surface area contributed by atoms with Crippen molar-refractivity contribution in [2.24, 2.45) is 0 Å². The van der Waals surface area contributed by atoms with E-state index in [9.17, 15) is 0 Å². The first-order valence-electron chi connectivity index (χ1n) is 6.01. The van der Waals surface area contributed by atoms with Gasteiger partial charge in [-0.25, -0.2) is 4.98 Å². The SMILES string of the molecule is Cc1nc2ccccc2n1Cc1cccc(Cl)c1Cl. The van der Waals surface area contributed by atoms with E-state index in [0.717, 1.165) is 22.4 Å². The molecule has 2 aromatic carbocycles. The summed E-state index contributed by atoms with van der Waals surface area (Å²) in [6.07, 6.45) is 0. The highest BCUT2D eigenvalue weighted by molar-refractivity contribution is 6.42. The molecule has 0 N–H and O–H groups in total. The first-order chi connectivity index (χ1) is 9.16. The van der Waals surface area contributed by atoms with Gasteiger partial charge in [0, 0.05) is 0 Å². The molecule has 1 aromatic heterocycles. The van der Waals surface area contributed by atoms with Crippen molar-refractivity contribution in [3.63, 3.8) is 0 Å². The van der Waals surface area contributed by atoms with Crippen molar-refractivity contribution >= 4 is 34.2 Å². The molecule has 0 saturated heterocycles. The molecule has 0 spiro atoms. The van der Waals surface area contributed by atoms with Crippen LogP contribution in [-0.2, 0) is 6.54 Å². The van der Waals surface area contributed by atoms with Crippen LogP contribution in [0.25, 0.3) is 11.0 Å². The van der Waals surface area contributed by atoms with Crippen LogP contribution in [0.15, 0.2) is 42.5 Å². The molecule has 3 aromatic rings. The molecule has 0 amide bonds. The third-order valence-corrected chi connectivity index (χ3v) is 4.06. The Morgan fingerprint density at radius 3 is 2.68 bits per heavy atom. The van der Waals surface area contributed by atoms with Gasteiger partial charge in [0.1, 0.15) is 5.82 Å².